The Morgan fingerprint density at radius 3 is 2.70 bits per heavy atom. The highest BCUT2D eigenvalue weighted by Gasteiger charge is 2.20. The van der Waals surface area contributed by atoms with Gasteiger partial charge in [-0.2, -0.15) is 10.2 Å². The third-order valence-corrected chi connectivity index (χ3v) is 4.92. The molecule has 0 aliphatic rings. The number of fused-ring (bicyclic) bond motifs is 1. The summed E-state index contributed by atoms with van der Waals surface area (Å²) in [4.78, 5) is 9.15. The van der Waals surface area contributed by atoms with Gasteiger partial charge in [0.2, 0.25) is 11.7 Å². The van der Waals surface area contributed by atoms with Crippen LogP contribution in [-0.4, -0.2) is 51.2 Å². The number of hydrogen-bond acceptors (Lipinski definition) is 7. The second kappa shape index (κ2) is 6.72. The average molecular weight is 404 g/mol. The molecule has 0 aromatic carbocycles. The SMILES string of the molecule is COc1cc(Nc2nc(-c3nccn3C)nn3cc(-c4ccn(C)n4)c(C)c23)n[nH]1. The number of H-pyrrole nitrogens is 1. The van der Waals surface area contributed by atoms with Crippen molar-refractivity contribution >= 4 is 17.2 Å². The Hall–Kier alpha value is -4.15. The van der Waals surface area contributed by atoms with Crippen LogP contribution in [0.25, 0.3) is 28.4 Å². The van der Waals surface area contributed by atoms with Crippen molar-refractivity contribution in [2.45, 2.75) is 6.92 Å². The number of rotatable bonds is 5. The zero-order chi connectivity index (χ0) is 20.8. The van der Waals surface area contributed by atoms with Crippen molar-refractivity contribution in [1.82, 2.24) is 44.1 Å². The van der Waals surface area contributed by atoms with Gasteiger partial charge in [0.05, 0.1) is 12.8 Å². The van der Waals surface area contributed by atoms with Gasteiger partial charge in [0.15, 0.2) is 17.5 Å². The Labute approximate surface area is 171 Å². The summed E-state index contributed by atoms with van der Waals surface area (Å²) < 4.78 is 10.6. The summed E-state index contributed by atoms with van der Waals surface area (Å²) in [5.41, 5.74) is 3.68. The first-order chi connectivity index (χ1) is 14.5. The van der Waals surface area contributed by atoms with Crippen LogP contribution < -0.4 is 10.1 Å². The van der Waals surface area contributed by atoms with E-state index in [4.69, 9.17) is 14.8 Å². The number of methoxy groups -OCH3 is 1. The summed E-state index contributed by atoms with van der Waals surface area (Å²) in [6.07, 6.45) is 7.44. The summed E-state index contributed by atoms with van der Waals surface area (Å²) in [6.45, 7) is 2.03. The van der Waals surface area contributed by atoms with Gasteiger partial charge in [0.1, 0.15) is 5.52 Å². The number of ether oxygens (including phenoxy) is 1. The molecule has 0 aliphatic heterocycles. The molecule has 0 radical (unpaired) electrons. The molecule has 0 aliphatic carbocycles. The van der Waals surface area contributed by atoms with Crippen LogP contribution in [-0.2, 0) is 14.1 Å². The molecule has 5 aromatic rings. The minimum absolute atomic E-state index is 0.488. The summed E-state index contributed by atoms with van der Waals surface area (Å²) in [7, 11) is 5.38. The van der Waals surface area contributed by atoms with E-state index >= 15 is 0 Å². The van der Waals surface area contributed by atoms with Gasteiger partial charge in [-0.15, -0.1) is 5.10 Å². The van der Waals surface area contributed by atoms with Crippen LogP contribution in [0, 0.1) is 6.92 Å². The minimum atomic E-state index is 0.488. The second-order valence-corrected chi connectivity index (χ2v) is 6.93. The number of aryl methyl sites for hydroxylation is 3. The van der Waals surface area contributed by atoms with Crippen molar-refractivity contribution in [3.8, 4) is 28.8 Å². The van der Waals surface area contributed by atoms with E-state index in [2.05, 4.69) is 25.6 Å². The van der Waals surface area contributed by atoms with E-state index in [0.717, 1.165) is 22.3 Å². The molecule has 5 rings (SSSR count). The molecule has 5 aromatic heterocycles. The van der Waals surface area contributed by atoms with E-state index in [-0.39, 0.29) is 0 Å². The monoisotopic (exact) mass is 404 g/mol. The fourth-order valence-corrected chi connectivity index (χ4v) is 3.41. The molecule has 5 heterocycles. The average Bonchev–Trinajstić information content (AvgIpc) is 3.50. The molecule has 2 N–H and O–H groups in total. The number of anilines is 2. The summed E-state index contributed by atoms with van der Waals surface area (Å²) in [6, 6.07) is 3.73. The Morgan fingerprint density at radius 1 is 1.17 bits per heavy atom. The summed E-state index contributed by atoms with van der Waals surface area (Å²) in [5, 5.41) is 19.6. The van der Waals surface area contributed by atoms with E-state index in [1.165, 1.54) is 0 Å². The first-order valence-corrected chi connectivity index (χ1v) is 9.27. The highest BCUT2D eigenvalue weighted by molar-refractivity contribution is 5.84. The standard InChI is InChI=1S/C19H20N10O/c1-11-12(13-5-7-28(3)25-13)10-29-16(11)17(21-14-9-15(30-4)24-23-14)22-18(26-29)19-20-6-8-27(19)2/h5-10H,1-4H3,(H2,21,22,23,24,26). The quantitative estimate of drug-likeness (QED) is 0.462. The lowest BCUT2D eigenvalue weighted by molar-refractivity contribution is 0.397. The predicted molar refractivity (Wildman–Crippen MR) is 111 cm³/mol. The lowest BCUT2D eigenvalue weighted by Crippen LogP contribution is -2.06. The van der Waals surface area contributed by atoms with E-state index in [9.17, 15) is 0 Å². The Kier molecular flexibility index (Phi) is 4.02. The normalized spacial score (nSPS) is 11.3. The van der Waals surface area contributed by atoms with Crippen LogP contribution in [0.15, 0.2) is 36.9 Å². The van der Waals surface area contributed by atoms with Crippen molar-refractivity contribution in [1.29, 1.82) is 0 Å². The maximum atomic E-state index is 5.19. The number of aromatic nitrogens is 9. The van der Waals surface area contributed by atoms with Crippen LogP contribution in [0.4, 0.5) is 11.6 Å². The first-order valence-electron chi connectivity index (χ1n) is 9.27. The molecule has 11 nitrogen and oxygen atoms in total. The van der Waals surface area contributed by atoms with Crippen molar-refractivity contribution in [2.75, 3.05) is 12.4 Å². The second-order valence-electron chi connectivity index (χ2n) is 6.93. The van der Waals surface area contributed by atoms with Crippen molar-refractivity contribution in [3.63, 3.8) is 0 Å². The molecule has 30 heavy (non-hydrogen) atoms. The molecule has 11 heteroatoms. The van der Waals surface area contributed by atoms with Gasteiger partial charge in [-0.05, 0) is 18.6 Å². The summed E-state index contributed by atoms with van der Waals surface area (Å²) in [5.74, 6) is 2.89. The third-order valence-electron chi connectivity index (χ3n) is 4.92. The van der Waals surface area contributed by atoms with Crippen LogP contribution in [0.1, 0.15) is 5.56 Å². The molecular formula is C19H20N10O. The van der Waals surface area contributed by atoms with Gasteiger partial charge in [0, 0.05) is 50.5 Å². The van der Waals surface area contributed by atoms with Gasteiger partial charge in [-0.3, -0.25) is 4.68 Å². The molecule has 0 spiro atoms. The van der Waals surface area contributed by atoms with Gasteiger partial charge < -0.3 is 14.6 Å². The van der Waals surface area contributed by atoms with E-state index in [0.29, 0.717) is 29.2 Å². The Balaban J connectivity index is 1.71. The Bertz CT molecular complexity index is 1360. The Morgan fingerprint density at radius 2 is 2.03 bits per heavy atom. The number of nitrogens with zero attached hydrogens (tertiary/aromatic N) is 8. The third kappa shape index (κ3) is 2.87. The molecule has 0 saturated heterocycles. The topological polar surface area (TPSA) is 116 Å². The first kappa shape index (κ1) is 17.9. The molecule has 0 atom stereocenters. The molecule has 0 bridgehead atoms. The fraction of sp³-hybridized carbons (Fsp3) is 0.211. The molecule has 0 amide bonds. The highest BCUT2D eigenvalue weighted by atomic mass is 16.5. The molecule has 0 unspecified atom stereocenters. The van der Waals surface area contributed by atoms with E-state index in [1.54, 1.807) is 24.1 Å². The minimum Gasteiger partial charge on any atom is -0.481 e. The number of aromatic amines is 1. The van der Waals surface area contributed by atoms with Crippen molar-refractivity contribution in [2.24, 2.45) is 14.1 Å². The van der Waals surface area contributed by atoms with Crippen LogP contribution in [0.3, 0.4) is 0 Å². The number of imidazole rings is 1. The zero-order valence-electron chi connectivity index (χ0n) is 17.0. The largest absolute Gasteiger partial charge is 0.481 e. The summed E-state index contributed by atoms with van der Waals surface area (Å²) >= 11 is 0. The van der Waals surface area contributed by atoms with Gasteiger partial charge in [-0.25, -0.2) is 19.6 Å². The zero-order valence-corrected chi connectivity index (χ0v) is 17.0. The number of hydrogen-bond donors (Lipinski definition) is 2. The smallest absolute Gasteiger partial charge is 0.218 e. The molecule has 0 fully saturated rings. The van der Waals surface area contributed by atoms with Gasteiger partial charge >= 0.3 is 0 Å². The lowest BCUT2D eigenvalue weighted by Gasteiger charge is -2.08. The van der Waals surface area contributed by atoms with E-state index < -0.39 is 0 Å². The highest BCUT2D eigenvalue weighted by Crippen LogP contribution is 2.32. The maximum Gasteiger partial charge on any atom is 0.218 e. The van der Waals surface area contributed by atoms with Crippen LogP contribution >= 0.6 is 0 Å². The lowest BCUT2D eigenvalue weighted by atomic mass is 10.1. The van der Waals surface area contributed by atoms with E-state index in [1.807, 2.05) is 54.8 Å². The van der Waals surface area contributed by atoms with Crippen LogP contribution in [0.2, 0.25) is 0 Å². The molecule has 0 saturated carbocycles. The van der Waals surface area contributed by atoms with Crippen LogP contribution in [0.5, 0.6) is 5.88 Å². The van der Waals surface area contributed by atoms with Gasteiger partial charge in [0.25, 0.3) is 0 Å². The molecule has 152 valence electrons. The van der Waals surface area contributed by atoms with Crippen molar-refractivity contribution < 1.29 is 4.74 Å². The fourth-order valence-electron chi connectivity index (χ4n) is 3.41. The number of nitrogens with one attached hydrogen (secondary N) is 2. The molecular weight excluding hydrogens is 384 g/mol. The van der Waals surface area contributed by atoms with Gasteiger partial charge in [-0.1, -0.05) is 0 Å². The predicted octanol–water partition coefficient (Wildman–Crippen LogP) is 2.31. The maximum absolute atomic E-state index is 5.19. The van der Waals surface area contributed by atoms with Crippen molar-refractivity contribution in [3.05, 3.63) is 42.5 Å².